The van der Waals surface area contributed by atoms with E-state index in [2.05, 4.69) is 19.2 Å². The molecule has 2 N–H and O–H groups in total. The number of halogens is 1. The number of carbonyl (C=O) groups is 3. The van der Waals surface area contributed by atoms with Gasteiger partial charge in [0, 0.05) is 16.5 Å². The number of aliphatic carboxylic acids is 2. The van der Waals surface area contributed by atoms with E-state index in [1.165, 1.54) is 0 Å². The standard InChI is InChI=1S/C24H21ClN2O5S3.C4H11N.C2H6/c25-22-14(4-3-5-15(22)12-18-23(32)27(13-21(30)31)24(33)35-18)8-9-19-26(11-10-20(28)29)16-6-1-2-7-17(16)34-19;1-3-5-4-2;1-2/h1-2,6-9,12H,3-5,10-11,13H2,(H,28,29)(H,30,31);5H,3-4H2,1-2H3;1-2H3/p-1. The number of hydrogen-bond acceptors (Lipinski definition) is 9. The Balaban J connectivity index is 0.000000797. The SMILES string of the molecule is CC.CCNCC.O=C([O-])CN1C(=O)C(=CC2=C(Cl)C(=CC=C3Sc4ccccc4N3CCC(=O)O)CCC2)SC1=S. The lowest BCUT2D eigenvalue weighted by Gasteiger charge is -2.20. The summed E-state index contributed by atoms with van der Waals surface area (Å²) in [5, 5.41) is 24.7. The summed E-state index contributed by atoms with van der Waals surface area (Å²) in [6.07, 6.45) is 7.89. The lowest BCUT2D eigenvalue weighted by atomic mass is 9.94. The zero-order chi connectivity index (χ0) is 31.2. The third-order valence-corrected chi connectivity index (χ3v) is 9.03. The number of rotatable bonds is 9. The Morgan fingerprint density at radius 2 is 1.81 bits per heavy atom. The number of amides is 1. The topological polar surface area (TPSA) is 113 Å². The Morgan fingerprint density at radius 1 is 1.12 bits per heavy atom. The van der Waals surface area contributed by atoms with Crippen molar-refractivity contribution in [1.82, 2.24) is 10.2 Å². The van der Waals surface area contributed by atoms with Crippen molar-refractivity contribution < 1.29 is 24.6 Å². The van der Waals surface area contributed by atoms with E-state index in [4.69, 9.17) is 28.9 Å². The molecule has 1 aromatic carbocycles. The first kappa shape index (κ1) is 35.6. The molecule has 1 saturated heterocycles. The van der Waals surface area contributed by atoms with E-state index < -0.39 is 24.4 Å². The first-order chi connectivity index (χ1) is 20.2. The Bertz CT molecular complexity index is 1290. The van der Waals surface area contributed by atoms with Crippen LogP contribution in [0.5, 0.6) is 0 Å². The molecule has 0 bridgehead atoms. The number of benzene rings is 1. The molecule has 4 rings (SSSR count). The number of carboxylic acid groups (broad SMARTS) is 2. The van der Waals surface area contributed by atoms with Crippen LogP contribution < -0.4 is 15.3 Å². The quantitative estimate of drug-likeness (QED) is 0.257. The number of thioether (sulfide) groups is 2. The molecular weight excluding hydrogens is 614 g/mol. The molecule has 8 nitrogen and oxygen atoms in total. The number of carbonyl (C=O) groups excluding carboxylic acids is 2. The molecule has 0 unspecified atom stereocenters. The van der Waals surface area contributed by atoms with Gasteiger partial charge in [0.05, 0.1) is 34.6 Å². The second kappa shape index (κ2) is 18.2. The molecular formula is C30H37ClN3O5S3-. The van der Waals surface area contributed by atoms with Crippen LogP contribution in [0.25, 0.3) is 0 Å². The van der Waals surface area contributed by atoms with Gasteiger partial charge in [0.15, 0.2) is 0 Å². The van der Waals surface area contributed by atoms with E-state index in [9.17, 15) is 19.5 Å². The molecule has 0 atom stereocenters. The molecule has 1 aliphatic carbocycles. The number of thiocarbonyl (C=S) groups is 1. The average Bonchev–Trinajstić information content (AvgIpc) is 3.45. The summed E-state index contributed by atoms with van der Waals surface area (Å²) in [6, 6.07) is 7.85. The predicted molar refractivity (Wildman–Crippen MR) is 175 cm³/mol. The monoisotopic (exact) mass is 650 g/mol. The van der Waals surface area contributed by atoms with Gasteiger partial charge in [-0.25, -0.2) is 0 Å². The third kappa shape index (κ3) is 10.0. The Kier molecular flexibility index (Phi) is 15.4. The number of anilines is 1. The molecule has 0 saturated carbocycles. The summed E-state index contributed by atoms with van der Waals surface area (Å²) >= 11 is 14.5. The van der Waals surface area contributed by atoms with Crippen LogP contribution in [0.15, 0.2) is 73.5 Å². The van der Waals surface area contributed by atoms with Gasteiger partial charge in [0.2, 0.25) is 0 Å². The summed E-state index contributed by atoms with van der Waals surface area (Å²) in [7, 11) is 0. The van der Waals surface area contributed by atoms with Gasteiger partial charge < -0.3 is 25.2 Å². The molecule has 3 aliphatic rings. The van der Waals surface area contributed by atoms with E-state index in [1.54, 1.807) is 17.8 Å². The number of fused-ring (bicyclic) bond motifs is 1. The Labute approximate surface area is 266 Å². The molecule has 1 aromatic rings. The predicted octanol–water partition coefficient (Wildman–Crippen LogP) is 5.65. The molecule has 0 aromatic heterocycles. The highest BCUT2D eigenvalue weighted by Gasteiger charge is 2.32. The average molecular weight is 651 g/mol. The minimum Gasteiger partial charge on any atom is -0.548 e. The number of para-hydroxylation sites is 1. The molecule has 2 aliphatic heterocycles. The molecule has 1 amide bonds. The van der Waals surface area contributed by atoms with Gasteiger partial charge >= 0.3 is 5.97 Å². The van der Waals surface area contributed by atoms with E-state index in [0.717, 1.165) is 69.4 Å². The molecule has 2 heterocycles. The number of allylic oxidation sites excluding steroid dienone is 6. The van der Waals surface area contributed by atoms with Crippen LogP contribution in [-0.4, -0.2) is 58.4 Å². The first-order valence-corrected chi connectivity index (χ1v) is 16.3. The van der Waals surface area contributed by atoms with Crippen molar-refractivity contribution in [1.29, 1.82) is 0 Å². The van der Waals surface area contributed by atoms with Crippen LogP contribution in [0.4, 0.5) is 5.69 Å². The van der Waals surface area contributed by atoms with Crippen molar-refractivity contribution in [3.05, 3.63) is 68.6 Å². The largest absolute Gasteiger partial charge is 0.548 e. The van der Waals surface area contributed by atoms with Crippen LogP contribution in [0.3, 0.4) is 0 Å². The fraction of sp³-hybridized carbons (Fsp3) is 0.400. The fourth-order valence-corrected chi connectivity index (χ4v) is 6.81. The smallest absolute Gasteiger partial charge is 0.305 e. The summed E-state index contributed by atoms with van der Waals surface area (Å²) < 4.78 is 0.178. The minimum atomic E-state index is -1.37. The van der Waals surface area contributed by atoms with Crippen molar-refractivity contribution in [2.24, 2.45) is 0 Å². The van der Waals surface area contributed by atoms with Crippen LogP contribution in [0.2, 0.25) is 0 Å². The minimum absolute atomic E-state index is 0.0176. The maximum atomic E-state index is 12.6. The lowest BCUT2D eigenvalue weighted by Crippen LogP contribution is -2.40. The lowest BCUT2D eigenvalue weighted by molar-refractivity contribution is -0.305. The van der Waals surface area contributed by atoms with Crippen molar-refractivity contribution in [2.45, 2.75) is 58.3 Å². The highest BCUT2D eigenvalue weighted by atomic mass is 35.5. The number of carboxylic acids is 2. The second-order valence-corrected chi connectivity index (χ2v) is 12.0. The highest BCUT2D eigenvalue weighted by Crippen LogP contribution is 2.46. The Morgan fingerprint density at radius 3 is 2.43 bits per heavy atom. The zero-order valence-electron chi connectivity index (χ0n) is 24.3. The number of hydrogen-bond donors (Lipinski definition) is 2. The third-order valence-electron chi connectivity index (χ3n) is 6.04. The normalized spacial score (nSPS) is 19.1. The summed E-state index contributed by atoms with van der Waals surface area (Å²) in [6.45, 7) is 10.2. The van der Waals surface area contributed by atoms with Crippen molar-refractivity contribution in [3.63, 3.8) is 0 Å². The van der Waals surface area contributed by atoms with Crippen LogP contribution in [-0.2, 0) is 14.4 Å². The van der Waals surface area contributed by atoms with Crippen molar-refractivity contribution in [2.75, 3.05) is 31.1 Å². The summed E-state index contributed by atoms with van der Waals surface area (Å²) in [5.41, 5.74) is 2.69. The maximum absolute atomic E-state index is 12.6. The van der Waals surface area contributed by atoms with E-state index in [-0.39, 0.29) is 10.7 Å². The van der Waals surface area contributed by atoms with E-state index in [0.29, 0.717) is 22.9 Å². The van der Waals surface area contributed by atoms with Crippen molar-refractivity contribution in [3.8, 4) is 0 Å². The maximum Gasteiger partial charge on any atom is 0.305 e. The number of nitrogens with zero attached hydrogens (tertiary/aromatic N) is 2. The summed E-state index contributed by atoms with van der Waals surface area (Å²) in [4.78, 5) is 39.1. The highest BCUT2D eigenvalue weighted by molar-refractivity contribution is 8.26. The second-order valence-electron chi connectivity index (χ2n) is 8.85. The summed E-state index contributed by atoms with van der Waals surface area (Å²) in [5.74, 6) is -2.70. The van der Waals surface area contributed by atoms with Gasteiger partial charge in [0.25, 0.3) is 5.91 Å². The zero-order valence-corrected chi connectivity index (χ0v) is 27.5. The molecule has 12 heteroatoms. The van der Waals surface area contributed by atoms with Gasteiger partial charge in [-0.1, -0.05) is 93.2 Å². The molecule has 0 radical (unpaired) electrons. The van der Waals surface area contributed by atoms with Crippen LogP contribution >= 0.6 is 47.3 Å². The van der Waals surface area contributed by atoms with Crippen molar-refractivity contribution >= 4 is 75.2 Å². The van der Waals surface area contributed by atoms with Gasteiger partial charge in [0.1, 0.15) is 4.32 Å². The van der Waals surface area contributed by atoms with Crippen LogP contribution in [0.1, 0.15) is 53.4 Å². The van der Waals surface area contributed by atoms with Gasteiger partial charge in [-0.15, -0.1) is 0 Å². The molecule has 228 valence electrons. The van der Waals surface area contributed by atoms with E-state index >= 15 is 0 Å². The van der Waals surface area contributed by atoms with Gasteiger partial charge in [-0.05, 0) is 67.8 Å². The van der Waals surface area contributed by atoms with Gasteiger partial charge in [-0.3, -0.25) is 14.5 Å². The molecule has 1 fully saturated rings. The molecule has 0 spiro atoms. The number of nitrogens with one attached hydrogen (secondary N) is 1. The first-order valence-electron chi connectivity index (χ1n) is 13.9. The van der Waals surface area contributed by atoms with Gasteiger partial charge in [-0.2, -0.15) is 0 Å². The Hall–Kier alpha value is -2.57. The molecule has 42 heavy (non-hydrogen) atoms. The van der Waals surface area contributed by atoms with Crippen LogP contribution in [0, 0.1) is 0 Å². The fourth-order valence-electron chi connectivity index (χ4n) is 4.15. The van der Waals surface area contributed by atoms with E-state index in [1.807, 2.05) is 55.2 Å².